The Labute approximate surface area is 115 Å². The highest BCUT2D eigenvalue weighted by Gasteiger charge is 2.07. The molecule has 100 valence electrons. The Bertz CT molecular complexity index is 610. The van der Waals surface area contributed by atoms with E-state index in [1.165, 1.54) is 17.8 Å². The van der Waals surface area contributed by atoms with E-state index in [-0.39, 0.29) is 5.56 Å². The molecule has 0 aromatic carbocycles. The quantitative estimate of drug-likeness (QED) is 0.836. The van der Waals surface area contributed by atoms with E-state index in [0.29, 0.717) is 23.0 Å². The SMILES string of the molecule is CCC(O)c1ccc(Sc2nc(C)cc(=O)[nH]2)cn1. The van der Waals surface area contributed by atoms with Crippen LogP contribution in [0, 0.1) is 6.92 Å². The molecule has 2 aromatic heterocycles. The van der Waals surface area contributed by atoms with Gasteiger partial charge in [-0.2, -0.15) is 0 Å². The van der Waals surface area contributed by atoms with Crippen molar-refractivity contribution in [3.05, 3.63) is 46.1 Å². The first-order valence-electron chi connectivity index (χ1n) is 5.98. The highest BCUT2D eigenvalue weighted by molar-refractivity contribution is 7.99. The number of aliphatic hydroxyl groups excluding tert-OH is 1. The maximum atomic E-state index is 11.3. The Hall–Kier alpha value is -1.66. The molecule has 2 N–H and O–H groups in total. The molecule has 5 nitrogen and oxygen atoms in total. The van der Waals surface area contributed by atoms with E-state index in [1.807, 2.05) is 13.0 Å². The van der Waals surface area contributed by atoms with E-state index in [4.69, 9.17) is 0 Å². The van der Waals surface area contributed by atoms with Gasteiger partial charge in [-0.15, -0.1) is 0 Å². The second kappa shape index (κ2) is 5.99. The van der Waals surface area contributed by atoms with Crippen LogP contribution in [0.5, 0.6) is 0 Å². The van der Waals surface area contributed by atoms with Gasteiger partial charge < -0.3 is 10.1 Å². The molecular weight excluding hydrogens is 262 g/mol. The molecule has 2 heterocycles. The molecule has 19 heavy (non-hydrogen) atoms. The number of aromatic nitrogens is 3. The average molecular weight is 277 g/mol. The highest BCUT2D eigenvalue weighted by Crippen LogP contribution is 2.24. The van der Waals surface area contributed by atoms with Gasteiger partial charge in [-0.05, 0) is 25.5 Å². The molecule has 1 atom stereocenters. The number of pyridine rings is 1. The number of rotatable bonds is 4. The molecule has 0 spiro atoms. The Morgan fingerprint density at radius 2 is 2.26 bits per heavy atom. The molecule has 2 aromatic rings. The van der Waals surface area contributed by atoms with Crippen LogP contribution in [-0.4, -0.2) is 20.1 Å². The number of aliphatic hydroxyl groups is 1. The number of hydrogen-bond acceptors (Lipinski definition) is 5. The predicted octanol–water partition coefficient (Wildman–Crippen LogP) is 2.07. The number of nitrogens with zero attached hydrogens (tertiary/aromatic N) is 2. The summed E-state index contributed by atoms with van der Waals surface area (Å²) in [5.74, 6) is 0. The fraction of sp³-hybridized carbons (Fsp3) is 0.308. The van der Waals surface area contributed by atoms with E-state index >= 15 is 0 Å². The fourth-order valence-electron chi connectivity index (χ4n) is 1.57. The first kappa shape index (κ1) is 13.8. The molecular formula is C13H15N3O2S. The van der Waals surface area contributed by atoms with Crippen molar-refractivity contribution in [1.82, 2.24) is 15.0 Å². The van der Waals surface area contributed by atoms with Crippen LogP contribution in [0.1, 0.15) is 30.8 Å². The van der Waals surface area contributed by atoms with Gasteiger partial charge in [0.1, 0.15) is 0 Å². The molecule has 2 rings (SSSR count). The molecule has 0 bridgehead atoms. The van der Waals surface area contributed by atoms with E-state index in [2.05, 4.69) is 15.0 Å². The fourth-order valence-corrected chi connectivity index (χ4v) is 2.38. The Morgan fingerprint density at radius 1 is 1.47 bits per heavy atom. The lowest BCUT2D eigenvalue weighted by atomic mass is 10.2. The molecule has 0 aliphatic carbocycles. The number of H-pyrrole nitrogens is 1. The third-order valence-electron chi connectivity index (χ3n) is 2.55. The summed E-state index contributed by atoms with van der Waals surface area (Å²) in [6.07, 6.45) is 1.77. The van der Waals surface area contributed by atoms with Gasteiger partial charge in [-0.1, -0.05) is 18.7 Å². The van der Waals surface area contributed by atoms with Crippen molar-refractivity contribution >= 4 is 11.8 Å². The van der Waals surface area contributed by atoms with E-state index in [9.17, 15) is 9.90 Å². The zero-order valence-corrected chi connectivity index (χ0v) is 11.6. The summed E-state index contributed by atoms with van der Waals surface area (Å²) in [7, 11) is 0. The summed E-state index contributed by atoms with van der Waals surface area (Å²) in [6.45, 7) is 3.68. The molecule has 0 aliphatic heterocycles. The summed E-state index contributed by atoms with van der Waals surface area (Å²) < 4.78 is 0. The summed E-state index contributed by atoms with van der Waals surface area (Å²) in [5, 5.41) is 10.2. The van der Waals surface area contributed by atoms with Gasteiger partial charge in [-0.3, -0.25) is 9.78 Å². The van der Waals surface area contributed by atoms with Gasteiger partial charge in [-0.25, -0.2) is 4.98 Å². The van der Waals surface area contributed by atoms with Gasteiger partial charge >= 0.3 is 0 Å². The summed E-state index contributed by atoms with van der Waals surface area (Å²) in [5.41, 5.74) is 1.16. The monoisotopic (exact) mass is 277 g/mol. The molecule has 1 unspecified atom stereocenters. The second-order valence-corrected chi connectivity index (χ2v) is 5.20. The Morgan fingerprint density at radius 3 is 2.84 bits per heavy atom. The van der Waals surface area contributed by atoms with Crippen molar-refractivity contribution in [2.24, 2.45) is 0 Å². The lowest BCUT2D eigenvalue weighted by molar-refractivity contribution is 0.169. The first-order valence-corrected chi connectivity index (χ1v) is 6.80. The van der Waals surface area contributed by atoms with Crippen molar-refractivity contribution in [2.75, 3.05) is 0 Å². The van der Waals surface area contributed by atoms with Crippen LogP contribution >= 0.6 is 11.8 Å². The van der Waals surface area contributed by atoms with Crippen molar-refractivity contribution in [3.63, 3.8) is 0 Å². The molecule has 0 radical (unpaired) electrons. The van der Waals surface area contributed by atoms with Crippen molar-refractivity contribution in [3.8, 4) is 0 Å². The zero-order valence-electron chi connectivity index (χ0n) is 10.8. The minimum atomic E-state index is -0.532. The van der Waals surface area contributed by atoms with E-state index in [1.54, 1.807) is 19.2 Å². The van der Waals surface area contributed by atoms with Crippen molar-refractivity contribution < 1.29 is 5.11 Å². The molecule has 0 saturated heterocycles. The Kier molecular flexibility index (Phi) is 4.34. The van der Waals surface area contributed by atoms with Crippen LogP contribution in [0.4, 0.5) is 0 Å². The lowest BCUT2D eigenvalue weighted by Crippen LogP contribution is -2.07. The molecule has 0 saturated carbocycles. The smallest absolute Gasteiger partial charge is 0.251 e. The molecule has 6 heteroatoms. The lowest BCUT2D eigenvalue weighted by Gasteiger charge is -2.07. The number of nitrogens with one attached hydrogen (secondary N) is 1. The van der Waals surface area contributed by atoms with E-state index < -0.39 is 6.10 Å². The average Bonchev–Trinajstić information content (AvgIpc) is 2.37. The van der Waals surface area contributed by atoms with Gasteiger partial charge in [0.25, 0.3) is 5.56 Å². The van der Waals surface area contributed by atoms with Gasteiger partial charge in [0, 0.05) is 22.9 Å². The normalized spacial score (nSPS) is 12.4. The first-order chi connectivity index (χ1) is 9.08. The van der Waals surface area contributed by atoms with Crippen LogP contribution < -0.4 is 5.56 Å². The van der Waals surface area contributed by atoms with Gasteiger partial charge in [0.2, 0.25) is 0 Å². The third kappa shape index (κ3) is 3.65. The summed E-state index contributed by atoms with van der Waals surface area (Å²) >= 11 is 1.33. The summed E-state index contributed by atoms with van der Waals surface area (Å²) in [6, 6.07) is 5.08. The van der Waals surface area contributed by atoms with Crippen LogP contribution in [0.3, 0.4) is 0 Å². The standard InChI is InChI=1S/C13H15N3O2S/c1-3-11(17)10-5-4-9(7-14-10)19-13-15-8(2)6-12(18)16-13/h4-7,11,17H,3H2,1-2H3,(H,15,16,18). The number of aryl methyl sites for hydroxylation is 1. The number of hydrogen-bond donors (Lipinski definition) is 2. The number of aromatic amines is 1. The predicted molar refractivity (Wildman–Crippen MR) is 73.2 cm³/mol. The second-order valence-electron chi connectivity index (χ2n) is 4.14. The van der Waals surface area contributed by atoms with Crippen LogP contribution in [0.25, 0.3) is 0 Å². The van der Waals surface area contributed by atoms with Crippen molar-refractivity contribution in [2.45, 2.75) is 36.4 Å². The van der Waals surface area contributed by atoms with Crippen molar-refractivity contribution in [1.29, 1.82) is 0 Å². The van der Waals surface area contributed by atoms with Crippen LogP contribution in [0.2, 0.25) is 0 Å². The minimum absolute atomic E-state index is 0.166. The summed E-state index contributed by atoms with van der Waals surface area (Å²) in [4.78, 5) is 23.3. The zero-order chi connectivity index (χ0) is 13.8. The van der Waals surface area contributed by atoms with Crippen LogP contribution in [-0.2, 0) is 0 Å². The molecule has 0 amide bonds. The maximum absolute atomic E-state index is 11.3. The van der Waals surface area contributed by atoms with Crippen LogP contribution in [0.15, 0.2) is 39.2 Å². The van der Waals surface area contributed by atoms with Gasteiger partial charge in [0.15, 0.2) is 5.16 Å². The van der Waals surface area contributed by atoms with Gasteiger partial charge in [0.05, 0.1) is 11.8 Å². The van der Waals surface area contributed by atoms with E-state index in [0.717, 1.165) is 4.90 Å². The minimum Gasteiger partial charge on any atom is -0.387 e. The topological polar surface area (TPSA) is 78.9 Å². The third-order valence-corrected chi connectivity index (χ3v) is 3.41. The Balaban J connectivity index is 2.17. The molecule has 0 fully saturated rings. The maximum Gasteiger partial charge on any atom is 0.251 e. The highest BCUT2D eigenvalue weighted by atomic mass is 32.2. The molecule has 0 aliphatic rings. The largest absolute Gasteiger partial charge is 0.387 e.